The van der Waals surface area contributed by atoms with E-state index in [-0.39, 0.29) is 5.97 Å². The van der Waals surface area contributed by atoms with Crippen LogP contribution in [-0.2, 0) is 11.2 Å². The highest BCUT2D eigenvalue weighted by atomic mass is 16.5. The van der Waals surface area contributed by atoms with Crippen molar-refractivity contribution in [2.45, 2.75) is 78.6 Å². The molecular weight excluding hydrogens is 300 g/mol. The molecule has 0 unspecified atom stereocenters. The summed E-state index contributed by atoms with van der Waals surface area (Å²) >= 11 is 0. The fourth-order valence-corrected chi connectivity index (χ4v) is 2.81. The molecule has 0 aliphatic heterocycles. The van der Waals surface area contributed by atoms with Gasteiger partial charge in [-0.2, -0.15) is 0 Å². The molecule has 0 fully saturated rings. The number of hydrogen-bond donors (Lipinski definition) is 0. The smallest absolute Gasteiger partial charge is 0.341 e. The van der Waals surface area contributed by atoms with Gasteiger partial charge in [0.05, 0.1) is 13.2 Å². The third-order valence-electron chi connectivity index (χ3n) is 4.22. The van der Waals surface area contributed by atoms with Crippen molar-refractivity contribution in [1.82, 2.24) is 0 Å². The second-order valence-electron chi connectivity index (χ2n) is 6.19. The van der Waals surface area contributed by atoms with Crippen molar-refractivity contribution in [2.75, 3.05) is 13.2 Å². The molecule has 0 N–H and O–H groups in total. The number of para-hydroxylation sites is 1. The van der Waals surface area contributed by atoms with Gasteiger partial charge in [0.2, 0.25) is 0 Å². The van der Waals surface area contributed by atoms with Gasteiger partial charge in [-0.25, -0.2) is 4.79 Å². The topological polar surface area (TPSA) is 35.5 Å². The average molecular weight is 335 g/mol. The lowest BCUT2D eigenvalue weighted by molar-refractivity contribution is 0.0521. The van der Waals surface area contributed by atoms with Gasteiger partial charge in [0.1, 0.15) is 11.3 Å². The molecule has 0 saturated heterocycles. The van der Waals surface area contributed by atoms with Crippen LogP contribution in [0.15, 0.2) is 18.2 Å². The maximum atomic E-state index is 12.1. The lowest BCUT2D eigenvalue weighted by Crippen LogP contribution is -2.10. The van der Waals surface area contributed by atoms with E-state index in [0.29, 0.717) is 24.5 Å². The number of carbonyl (C=O) groups is 1. The molecule has 0 bridgehead atoms. The van der Waals surface area contributed by atoms with Gasteiger partial charge < -0.3 is 9.47 Å². The Hall–Kier alpha value is -1.51. The number of hydrogen-bond acceptors (Lipinski definition) is 3. The number of unbranched alkanes of at least 4 members (excludes halogenated alkanes) is 7. The van der Waals surface area contributed by atoms with Crippen LogP contribution in [-0.4, -0.2) is 19.2 Å². The summed E-state index contributed by atoms with van der Waals surface area (Å²) in [5, 5.41) is 0. The number of benzene rings is 1. The number of carbonyl (C=O) groups excluding carboxylic acids is 1. The molecule has 3 heteroatoms. The van der Waals surface area contributed by atoms with E-state index in [0.717, 1.165) is 18.4 Å². The monoisotopic (exact) mass is 334 g/mol. The fourth-order valence-electron chi connectivity index (χ4n) is 2.81. The number of ether oxygens (including phenoxy) is 2. The molecule has 0 radical (unpaired) electrons. The van der Waals surface area contributed by atoms with E-state index < -0.39 is 0 Å². The normalized spacial score (nSPS) is 10.6. The van der Waals surface area contributed by atoms with Crippen molar-refractivity contribution in [2.24, 2.45) is 0 Å². The Balaban J connectivity index is 2.42. The zero-order chi connectivity index (χ0) is 17.6. The van der Waals surface area contributed by atoms with Gasteiger partial charge in [-0.05, 0) is 31.4 Å². The molecule has 0 aliphatic carbocycles. The van der Waals surface area contributed by atoms with Crippen LogP contribution < -0.4 is 4.74 Å². The van der Waals surface area contributed by atoms with Gasteiger partial charge >= 0.3 is 5.97 Å². The summed E-state index contributed by atoms with van der Waals surface area (Å²) in [6.07, 6.45) is 11.0. The SMILES string of the molecule is CCCCCCCCCCOc1c(CC)cccc1C(=O)OCC. The zero-order valence-electron chi connectivity index (χ0n) is 15.7. The predicted octanol–water partition coefficient (Wildman–Crippen LogP) is 5.95. The second kappa shape index (κ2) is 12.9. The van der Waals surface area contributed by atoms with Gasteiger partial charge in [0.15, 0.2) is 0 Å². The fraction of sp³-hybridized carbons (Fsp3) is 0.667. The van der Waals surface area contributed by atoms with E-state index in [1.165, 1.54) is 44.9 Å². The van der Waals surface area contributed by atoms with E-state index in [9.17, 15) is 4.79 Å². The van der Waals surface area contributed by atoms with Gasteiger partial charge in [0.25, 0.3) is 0 Å². The molecule has 0 aliphatic rings. The molecule has 1 rings (SSSR count). The van der Waals surface area contributed by atoms with Crippen molar-refractivity contribution in [3.05, 3.63) is 29.3 Å². The largest absolute Gasteiger partial charge is 0.492 e. The minimum atomic E-state index is -0.293. The Morgan fingerprint density at radius 2 is 1.58 bits per heavy atom. The molecule has 0 heterocycles. The Kier molecular flexibility index (Phi) is 11.0. The first kappa shape index (κ1) is 20.5. The summed E-state index contributed by atoms with van der Waals surface area (Å²) in [6.45, 7) is 7.19. The molecular formula is C21H34O3. The minimum Gasteiger partial charge on any atom is -0.492 e. The van der Waals surface area contributed by atoms with Crippen LogP contribution in [0, 0.1) is 0 Å². The molecule has 3 nitrogen and oxygen atoms in total. The number of esters is 1. The quantitative estimate of drug-likeness (QED) is 0.330. The zero-order valence-corrected chi connectivity index (χ0v) is 15.7. The van der Waals surface area contributed by atoms with Crippen molar-refractivity contribution in [3.8, 4) is 5.75 Å². The van der Waals surface area contributed by atoms with E-state index in [2.05, 4.69) is 13.8 Å². The van der Waals surface area contributed by atoms with E-state index >= 15 is 0 Å². The van der Waals surface area contributed by atoms with Gasteiger partial charge in [-0.1, -0.05) is 70.9 Å². The third kappa shape index (κ3) is 7.37. The maximum absolute atomic E-state index is 12.1. The second-order valence-corrected chi connectivity index (χ2v) is 6.19. The van der Waals surface area contributed by atoms with Crippen LogP contribution in [0.3, 0.4) is 0 Å². The minimum absolute atomic E-state index is 0.293. The van der Waals surface area contributed by atoms with Crippen molar-refractivity contribution in [1.29, 1.82) is 0 Å². The van der Waals surface area contributed by atoms with Crippen molar-refractivity contribution >= 4 is 5.97 Å². The van der Waals surface area contributed by atoms with Crippen LogP contribution in [0.5, 0.6) is 5.75 Å². The van der Waals surface area contributed by atoms with Crippen LogP contribution in [0.2, 0.25) is 0 Å². The molecule has 1 aromatic carbocycles. The van der Waals surface area contributed by atoms with Crippen LogP contribution in [0.4, 0.5) is 0 Å². The summed E-state index contributed by atoms with van der Waals surface area (Å²) in [4.78, 5) is 12.1. The molecule has 0 amide bonds. The van der Waals surface area contributed by atoms with Crippen molar-refractivity contribution < 1.29 is 14.3 Å². The number of aryl methyl sites for hydroxylation is 1. The third-order valence-corrected chi connectivity index (χ3v) is 4.22. The van der Waals surface area contributed by atoms with E-state index in [4.69, 9.17) is 9.47 Å². The highest BCUT2D eigenvalue weighted by Crippen LogP contribution is 2.26. The molecule has 136 valence electrons. The number of rotatable bonds is 13. The highest BCUT2D eigenvalue weighted by molar-refractivity contribution is 5.93. The van der Waals surface area contributed by atoms with E-state index in [1.807, 2.05) is 19.1 Å². The summed E-state index contributed by atoms with van der Waals surface area (Å²) in [6, 6.07) is 5.71. The molecule has 0 spiro atoms. The molecule has 0 aromatic heterocycles. The first-order valence-corrected chi connectivity index (χ1v) is 9.66. The Bertz CT molecular complexity index is 468. The van der Waals surface area contributed by atoms with Crippen molar-refractivity contribution in [3.63, 3.8) is 0 Å². The van der Waals surface area contributed by atoms with E-state index in [1.54, 1.807) is 6.07 Å². The summed E-state index contributed by atoms with van der Waals surface area (Å²) in [5.41, 5.74) is 1.62. The first-order valence-electron chi connectivity index (χ1n) is 9.66. The predicted molar refractivity (Wildman–Crippen MR) is 99.9 cm³/mol. The summed E-state index contributed by atoms with van der Waals surface area (Å²) < 4.78 is 11.1. The maximum Gasteiger partial charge on any atom is 0.341 e. The summed E-state index contributed by atoms with van der Waals surface area (Å²) in [5.74, 6) is 0.417. The molecule has 24 heavy (non-hydrogen) atoms. The Labute approximate surface area is 147 Å². The standard InChI is InChI=1S/C21H34O3/c1-4-7-8-9-10-11-12-13-17-24-20-18(5-2)15-14-16-19(20)21(22)23-6-3/h14-16H,4-13,17H2,1-3H3. The van der Waals surface area contributed by atoms with Gasteiger partial charge in [0, 0.05) is 0 Å². The Morgan fingerprint density at radius 3 is 2.21 bits per heavy atom. The lowest BCUT2D eigenvalue weighted by atomic mass is 10.1. The first-order chi connectivity index (χ1) is 11.7. The van der Waals surface area contributed by atoms with Gasteiger partial charge in [-0.15, -0.1) is 0 Å². The van der Waals surface area contributed by atoms with Crippen LogP contribution >= 0.6 is 0 Å². The average Bonchev–Trinajstić information content (AvgIpc) is 2.60. The van der Waals surface area contributed by atoms with Crippen LogP contribution in [0.25, 0.3) is 0 Å². The highest BCUT2D eigenvalue weighted by Gasteiger charge is 2.16. The molecule has 0 saturated carbocycles. The van der Waals surface area contributed by atoms with Gasteiger partial charge in [-0.3, -0.25) is 0 Å². The molecule has 0 atom stereocenters. The lowest BCUT2D eigenvalue weighted by Gasteiger charge is -2.14. The van der Waals surface area contributed by atoms with Crippen LogP contribution in [0.1, 0.15) is 88.1 Å². The summed E-state index contributed by atoms with van der Waals surface area (Å²) in [7, 11) is 0. The molecule has 1 aromatic rings. The Morgan fingerprint density at radius 1 is 0.917 bits per heavy atom.